The molecule has 16 heavy (non-hydrogen) atoms. The highest BCUT2D eigenvalue weighted by molar-refractivity contribution is 6.81. The summed E-state index contributed by atoms with van der Waals surface area (Å²) >= 11 is 0. The third-order valence-corrected chi connectivity index (χ3v) is 9.61. The minimum Gasteiger partial charge on any atom is -0.427 e. The Kier molecular flexibility index (Phi) is 5.04. The lowest BCUT2D eigenvalue weighted by molar-refractivity contribution is 0.256. The van der Waals surface area contributed by atoms with E-state index in [0.29, 0.717) is 29.8 Å². The van der Waals surface area contributed by atoms with Gasteiger partial charge in [-0.05, 0) is 16.6 Å². The first-order valence-electron chi connectivity index (χ1n) is 6.32. The molecule has 0 spiro atoms. The van der Waals surface area contributed by atoms with Gasteiger partial charge >= 0.3 is 7.32 Å². The molecule has 0 radical (unpaired) electrons. The fourth-order valence-electron chi connectivity index (χ4n) is 2.98. The van der Waals surface area contributed by atoms with Crippen molar-refractivity contribution >= 4 is 15.6 Å². The van der Waals surface area contributed by atoms with Crippen LogP contribution in [0.2, 0.25) is 16.6 Å². The Bertz CT molecular complexity index is 194. The van der Waals surface area contributed by atoms with Gasteiger partial charge in [0, 0.05) is 0 Å². The second kappa shape index (κ2) is 5.67. The fourth-order valence-corrected chi connectivity index (χ4v) is 8.27. The van der Waals surface area contributed by atoms with Crippen LogP contribution < -0.4 is 0 Å². The van der Waals surface area contributed by atoms with E-state index in [1.165, 1.54) is 0 Å². The van der Waals surface area contributed by atoms with Gasteiger partial charge in [-0.3, -0.25) is 0 Å². The normalized spacial score (nSPS) is 18.2. The quantitative estimate of drug-likeness (QED) is 0.695. The average Bonchev–Trinajstić information content (AvgIpc) is 2.64. The molecule has 0 bridgehead atoms. The van der Waals surface area contributed by atoms with Gasteiger partial charge in [0.1, 0.15) is 0 Å². The first-order chi connectivity index (χ1) is 7.41. The van der Waals surface area contributed by atoms with Crippen LogP contribution in [0.3, 0.4) is 0 Å². The summed E-state index contributed by atoms with van der Waals surface area (Å²) in [5.41, 5.74) is 1.71. The maximum atomic E-state index is 6.28. The SMILES string of the molecule is CC(C)[Si](OB1OCCO1)(C(C)C)C(C)C. The lowest BCUT2D eigenvalue weighted by atomic mass is 10.3. The van der Waals surface area contributed by atoms with E-state index in [0.717, 1.165) is 0 Å². The molecule has 1 aliphatic heterocycles. The lowest BCUT2D eigenvalue weighted by Gasteiger charge is -2.42. The highest BCUT2D eigenvalue weighted by Crippen LogP contribution is 2.42. The molecule has 0 aromatic carbocycles. The maximum absolute atomic E-state index is 6.28. The van der Waals surface area contributed by atoms with Crippen molar-refractivity contribution in [2.24, 2.45) is 0 Å². The van der Waals surface area contributed by atoms with E-state index >= 15 is 0 Å². The van der Waals surface area contributed by atoms with Gasteiger partial charge in [-0.15, -0.1) is 0 Å². The number of hydrogen-bond donors (Lipinski definition) is 0. The molecule has 0 amide bonds. The predicted octanol–water partition coefficient (Wildman–Crippen LogP) is 3.21. The zero-order valence-corrected chi connectivity index (χ0v) is 12.4. The zero-order valence-electron chi connectivity index (χ0n) is 11.4. The maximum Gasteiger partial charge on any atom is 0.628 e. The van der Waals surface area contributed by atoms with Gasteiger partial charge in [-0.2, -0.15) is 0 Å². The smallest absolute Gasteiger partial charge is 0.427 e. The second-order valence-electron chi connectivity index (χ2n) is 5.47. The van der Waals surface area contributed by atoms with Crippen LogP contribution >= 0.6 is 0 Å². The van der Waals surface area contributed by atoms with Crippen LogP contribution in [0.1, 0.15) is 41.5 Å². The molecule has 0 aromatic rings. The molecule has 0 atom stereocenters. The standard InChI is InChI=1S/C11H25BO3Si/c1-9(2)16(10(3)4,11(5)6)15-12-13-7-8-14-12/h9-11H,7-8H2,1-6H3. The molecule has 1 heterocycles. The van der Waals surface area contributed by atoms with E-state index < -0.39 is 15.6 Å². The van der Waals surface area contributed by atoms with Crippen LogP contribution in [0.4, 0.5) is 0 Å². The molecular weight excluding hydrogens is 219 g/mol. The second-order valence-corrected chi connectivity index (χ2v) is 10.9. The molecule has 0 unspecified atom stereocenters. The summed E-state index contributed by atoms with van der Waals surface area (Å²) in [7, 11) is -2.26. The van der Waals surface area contributed by atoms with Gasteiger partial charge in [0.25, 0.3) is 0 Å². The van der Waals surface area contributed by atoms with Crippen LogP contribution in [0, 0.1) is 0 Å². The summed E-state index contributed by atoms with van der Waals surface area (Å²) in [5.74, 6) is 0. The molecule has 0 saturated carbocycles. The summed E-state index contributed by atoms with van der Waals surface area (Å²) < 4.78 is 17.2. The van der Waals surface area contributed by atoms with Crippen molar-refractivity contribution in [2.45, 2.75) is 58.2 Å². The monoisotopic (exact) mass is 244 g/mol. The largest absolute Gasteiger partial charge is 0.628 e. The molecule has 1 saturated heterocycles. The van der Waals surface area contributed by atoms with E-state index in [9.17, 15) is 0 Å². The van der Waals surface area contributed by atoms with Crippen LogP contribution in [-0.4, -0.2) is 28.9 Å². The van der Waals surface area contributed by atoms with Gasteiger partial charge in [0.15, 0.2) is 8.32 Å². The van der Waals surface area contributed by atoms with Crippen molar-refractivity contribution in [3.63, 3.8) is 0 Å². The fraction of sp³-hybridized carbons (Fsp3) is 1.00. The van der Waals surface area contributed by atoms with Crippen molar-refractivity contribution in [3.8, 4) is 0 Å². The molecule has 1 rings (SSSR count). The van der Waals surface area contributed by atoms with Crippen molar-refractivity contribution in [3.05, 3.63) is 0 Å². The van der Waals surface area contributed by atoms with Crippen molar-refractivity contribution in [1.82, 2.24) is 0 Å². The Morgan fingerprint density at radius 2 is 1.25 bits per heavy atom. The summed E-state index contributed by atoms with van der Waals surface area (Å²) in [6, 6.07) is 0. The summed E-state index contributed by atoms with van der Waals surface area (Å²) in [6.45, 7) is 14.9. The van der Waals surface area contributed by atoms with Gasteiger partial charge in [-0.1, -0.05) is 41.5 Å². The van der Waals surface area contributed by atoms with Crippen LogP contribution in [0.15, 0.2) is 0 Å². The Labute approximate surface area is 101 Å². The molecule has 94 valence electrons. The van der Waals surface area contributed by atoms with Crippen molar-refractivity contribution in [2.75, 3.05) is 13.2 Å². The molecular formula is C11H25BO3Si. The Balaban J connectivity index is 2.82. The zero-order chi connectivity index (χ0) is 12.3. The molecule has 3 nitrogen and oxygen atoms in total. The third-order valence-electron chi connectivity index (χ3n) is 3.60. The third kappa shape index (κ3) is 2.70. The Hall–Kier alpha value is 0.162. The average molecular weight is 244 g/mol. The molecule has 1 fully saturated rings. The number of rotatable bonds is 5. The minimum atomic E-state index is -1.84. The van der Waals surface area contributed by atoms with Crippen LogP contribution in [0.25, 0.3) is 0 Å². The van der Waals surface area contributed by atoms with E-state index in [4.69, 9.17) is 13.7 Å². The van der Waals surface area contributed by atoms with Gasteiger partial charge < -0.3 is 13.7 Å². The van der Waals surface area contributed by atoms with E-state index in [1.807, 2.05) is 0 Å². The summed E-state index contributed by atoms with van der Waals surface area (Å²) in [5, 5.41) is 0. The Morgan fingerprint density at radius 3 is 1.56 bits per heavy atom. The molecule has 5 heteroatoms. The minimum absolute atomic E-state index is 0.418. The van der Waals surface area contributed by atoms with Crippen LogP contribution in [-0.2, 0) is 13.7 Å². The van der Waals surface area contributed by atoms with Gasteiger partial charge in [0.05, 0.1) is 13.2 Å². The highest BCUT2D eigenvalue weighted by atomic mass is 28.4. The Morgan fingerprint density at radius 1 is 0.875 bits per heavy atom. The molecule has 0 aliphatic carbocycles. The van der Waals surface area contributed by atoms with Gasteiger partial charge in [0.2, 0.25) is 0 Å². The summed E-state index contributed by atoms with van der Waals surface area (Å²) in [6.07, 6.45) is 0. The van der Waals surface area contributed by atoms with Crippen LogP contribution in [0.5, 0.6) is 0 Å². The van der Waals surface area contributed by atoms with Gasteiger partial charge in [-0.25, -0.2) is 0 Å². The van der Waals surface area contributed by atoms with Crippen molar-refractivity contribution < 1.29 is 13.7 Å². The lowest BCUT2D eigenvalue weighted by Crippen LogP contribution is -2.51. The molecule has 1 aliphatic rings. The molecule has 0 N–H and O–H groups in total. The van der Waals surface area contributed by atoms with E-state index in [1.54, 1.807) is 0 Å². The number of hydrogen-bond acceptors (Lipinski definition) is 3. The van der Waals surface area contributed by atoms with E-state index in [2.05, 4.69) is 41.5 Å². The highest BCUT2D eigenvalue weighted by Gasteiger charge is 2.49. The topological polar surface area (TPSA) is 27.7 Å². The summed E-state index contributed by atoms with van der Waals surface area (Å²) in [4.78, 5) is 0. The predicted molar refractivity (Wildman–Crippen MR) is 69.8 cm³/mol. The first kappa shape index (κ1) is 14.2. The van der Waals surface area contributed by atoms with Crippen molar-refractivity contribution in [1.29, 1.82) is 0 Å². The first-order valence-corrected chi connectivity index (χ1v) is 8.46. The molecule has 0 aromatic heterocycles. The van der Waals surface area contributed by atoms with E-state index in [-0.39, 0.29) is 0 Å².